The number of ether oxygens (including phenoxy) is 1. The quantitative estimate of drug-likeness (QED) is 0.304. The Morgan fingerprint density at radius 2 is 2.22 bits per heavy atom. The van der Waals surface area contributed by atoms with Gasteiger partial charge in [-0.2, -0.15) is 0 Å². The number of fused-ring (bicyclic) bond motifs is 1. The molecule has 0 spiro atoms. The third-order valence-corrected chi connectivity index (χ3v) is 5.57. The lowest BCUT2D eigenvalue weighted by atomic mass is 9.63. The van der Waals surface area contributed by atoms with Gasteiger partial charge in [-0.25, -0.2) is 4.79 Å². The van der Waals surface area contributed by atoms with Crippen molar-refractivity contribution in [3.05, 3.63) is 12.2 Å². The number of rotatable bonds is 5. The van der Waals surface area contributed by atoms with Crippen molar-refractivity contribution >= 4 is 19.0 Å². The highest BCUT2D eigenvalue weighted by molar-refractivity contribution is 6.41. The Balaban J connectivity index is 1.87. The van der Waals surface area contributed by atoms with E-state index < -0.39 is 42.2 Å². The highest BCUT2D eigenvalue weighted by Gasteiger charge is 2.79. The molecule has 126 valence electrons. The maximum absolute atomic E-state index is 12.4. The Kier molecular flexibility index (Phi) is 4.02. The number of aliphatic hydroxyl groups is 1. The monoisotopic (exact) mass is 323 g/mol. The number of nitrogens with one attached hydrogen (secondary N) is 1. The van der Waals surface area contributed by atoms with Gasteiger partial charge in [0.15, 0.2) is 5.60 Å². The Morgan fingerprint density at radius 3 is 2.78 bits per heavy atom. The van der Waals surface area contributed by atoms with Crippen molar-refractivity contribution in [1.29, 1.82) is 0 Å². The fourth-order valence-electron chi connectivity index (χ4n) is 4.20. The fourth-order valence-corrected chi connectivity index (χ4v) is 4.20. The number of allylic oxidation sites excluding steroid dienone is 1. The first-order valence-corrected chi connectivity index (χ1v) is 8.09. The first-order valence-electron chi connectivity index (χ1n) is 8.09. The van der Waals surface area contributed by atoms with Crippen LogP contribution < -0.4 is 5.32 Å². The van der Waals surface area contributed by atoms with E-state index in [1.165, 1.54) is 0 Å². The first-order chi connectivity index (χ1) is 10.8. The molecule has 2 fully saturated rings. The molecule has 0 aromatic heterocycles. The van der Waals surface area contributed by atoms with Crippen LogP contribution in [0.3, 0.4) is 0 Å². The highest BCUT2D eigenvalue weighted by Crippen LogP contribution is 2.53. The van der Waals surface area contributed by atoms with Crippen LogP contribution in [-0.2, 0) is 14.3 Å². The van der Waals surface area contributed by atoms with Gasteiger partial charge in [0.25, 0.3) is 0 Å². The second-order valence-electron chi connectivity index (χ2n) is 6.87. The summed E-state index contributed by atoms with van der Waals surface area (Å²) in [6.07, 6.45) is 5.60. The van der Waals surface area contributed by atoms with E-state index in [9.17, 15) is 14.7 Å². The molecule has 23 heavy (non-hydrogen) atoms. The van der Waals surface area contributed by atoms with Crippen molar-refractivity contribution in [3.63, 3.8) is 0 Å². The van der Waals surface area contributed by atoms with Crippen LogP contribution in [0.1, 0.15) is 32.6 Å². The van der Waals surface area contributed by atoms with Gasteiger partial charge in [-0.15, -0.1) is 0 Å². The molecular weight excluding hydrogens is 301 g/mol. The van der Waals surface area contributed by atoms with Crippen molar-refractivity contribution in [2.24, 2.45) is 11.8 Å². The largest absolute Gasteiger partial charge is 0.453 e. The lowest BCUT2D eigenvalue weighted by Crippen LogP contribution is -2.80. The number of amides is 1. The summed E-state index contributed by atoms with van der Waals surface area (Å²) in [7, 11) is -1.52. The zero-order valence-corrected chi connectivity index (χ0v) is 13.1. The van der Waals surface area contributed by atoms with E-state index in [4.69, 9.17) is 14.8 Å². The molecule has 0 saturated carbocycles. The van der Waals surface area contributed by atoms with Crippen LogP contribution in [0.25, 0.3) is 0 Å². The summed E-state index contributed by atoms with van der Waals surface area (Å²) in [5, 5.41) is 31.6. The van der Waals surface area contributed by atoms with E-state index >= 15 is 0 Å². The number of aliphatic hydroxyl groups excluding tert-OH is 1. The zero-order valence-electron chi connectivity index (χ0n) is 13.1. The van der Waals surface area contributed by atoms with Gasteiger partial charge in [0.1, 0.15) is 0 Å². The molecule has 2 heterocycles. The molecule has 8 heteroatoms. The number of hydrogen-bond donors (Lipinski definition) is 4. The van der Waals surface area contributed by atoms with Gasteiger partial charge < -0.3 is 25.2 Å². The summed E-state index contributed by atoms with van der Waals surface area (Å²) in [6.45, 7) is 1.64. The lowest BCUT2D eigenvalue weighted by Gasteiger charge is -2.54. The molecule has 0 bridgehead atoms. The second-order valence-corrected chi connectivity index (χ2v) is 6.87. The van der Waals surface area contributed by atoms with Crippen LogP contribution in [-0.4, -0.2) is 51.4 Å². The molecule has 2 saturated heterocycles. The maximum atomic E-state index is 12.4. The number of hydrogen-bond acceptors (Lipinski definition) is 6. The third kappa shape index (κ3) is 2.23. The van der Waals surface area contributed by atoms with E-state index in [1.807, 2.05) is 12.2 Å². The average molecular weight is 323 g/mol. The minimum absolute atomic E-state index is 0.000728. The SMILES string of the molecule is C[C@@]12OC(=O)[C@]1([C@@H](O)[C@@H]1C=CCCC1)NC(=O)[C@@H]2CCB(O)O. The molecule has 1 amide bonds. The van der Waals surface area contributed by atoms with Gasteiger partial charge >= 0.3 is 13.1 Å². The molecule has 2 aliphatic heterocycles. The summed E-state index contributed by atoms with van der Waals surface area (Å²) in [4.78, 5) is 24.6. The molecule has 4 N–H and O–H groups in total. The minimum Gasteiger partial charge on any atom is -0.453 e. The normalized spacial score (nSPS) is 40.0. The van der Waals surface area contributed by atoms with E-state index in [-0.39, 0.29) is 18.7 Å². The summed E-state index contributed by atoms with van der Waals surface area (Å²) < 4.78 is 5.31. The van der Waals surface area contributed by atoms with Crippen molar-refractivity contribution in [2.45, 2.75) is 56.2 Å². The Labute approximate surface area is 134 Å². The molecule has 3 aliphatic rings. The Bertz CT molecular complexity index is 552. The smallest absolute Gasteiger partial charge is 0.451 e. The van der Waals surface area contributed by atoms with E-state index in [1.54, 1.807) is 6.92 Å². The number of carbonyl (C=O) groups is 2. The molecule has 0 radical (unpaired) electrons. The van der Waals surface area contributed by atoms with Gasteiger partial charge in [-0.05, 0) is 38.9 Å². The number of carbonyl (C=O) groups excluding carboxylic acids is 2. The average Bonchev–Trinajstić information content (AvgIpc) is 2.69. The predicted octanol–water partition coefficient (Wildman–Crippen LogP) is -0.633. The van der Waals surface area contributed by atoms with Gasteiger partial charge in [0, 0.05) is 5.92 Å². The number of esters is 1. The van der Waals surface area contributed by atoms with Crippen LogP contribution in [0, 0.1) is 11.8 Å². The molecule has 0 unspecified atom stereocenters. The van der Waals surface area contributed by atoms with Crippen LogP contribution in [0.15, 0.2) is 12.2 Å². The molecule has 0 aromatic carbocycles. The molecule has 0 aromatic rings. The molecular formula is C15H22BNO6. The van der Waals surface area contributed by atoms with E-state index in [2.05, 4.69) is 5.32 Å². The van der Waals surface area contributed by atoms with Gasteiger partial charge in [0.2, 0.25) is 11.4 Å². The molecule has 3 rings (SSSR count). The van der Waals surface area contributed by atoms with E-state index in [0.29, 0.717) is 0 Å². The van der Waals surface area contributed by atoms with Crippen molar-refractivity contribution in [2.75, 3.05) is 0 Å². The van der Waals surface area contributed by atoms with Crippen molar-refractivity contribution in [3.8, 4) is 0 Å². The third-order valence-electron chi connectivity index (χ3n) is 5.57. The first kappa shape index (κ1) is 16.5. The Hall–Kier alpha value is -1.38. The lowest BCUT2D eigenvalue weighted by molar-refractivity contribution is -0.238. The summed E-state index contributed by atoms with van der Waals surface area (Å²) in [5.74, 6) is -1.92. The van der Waals surface area contributed by atoms with E-state index in [0.717, 1.165) is 19.3 Å². The van der Waals surface area contributed by atoms with Crippen LogP contribution in [0.5, 0.6) is 0 Å². The Morgan fingerprint density at radius 1 is 1.48 bits per heavy atom. The van der Waals surface area contributed by atoms with Gasteiger partial charge in [-0.1, -0.05) is 12.2 Å². The van der Waals surface area contributed by atoms with Crippen molar-refractivity contribution in [1.82, 2.24) is 5.32 Å². The fraction of sp³-hybridized carbons (Fsp3) is 0.733. The second kappa shape index (κ2) is 5.61. The maximum Gasteiger partial charge on any atom is 0.451 e. The zero-order chi connectivity index (χ0) is 16.8. The minimum atomic E-state index is -1.52. The molecule has 1 aliphatic carbocycles. The molecule has 7 nitrogen and oxygen atoms in total. The van der Waals surface area contributed by atoms with Crippen LogP contribution in [0.2, 0.25) is 6.32 Å². The standard InChI is InChI=1S/C15H22BNO6/c1-14-10(7-8-16(21)22)12(19)17-15(14,13(20)23-14)11(18)9-5-3-2-4-6-9/h3,5,9-11,18,21-22H,2,4,6-8H2,1H3,(H,17,19)/t9-,10+,11+,14+,15+/m1/s1. The summed E-state index contributed by atoms with van der Waals surface area (Å²) >= 11 is 0. The van der Waals surface area contributed by atoms with Crippen LogP contribution >= 0.6 is 0 Å². The predicted molar refractivity (Wildman–Crippen MR) is 81.0 cm³/mol. The van der Waals surface area contributed by atoms with Gasteiger partial charge in [0.05, 0.1) is 12.0 Å². The highest BCUT2D eigenvalue weighted by atomic mass is 16.6. The van der Waals surface area contributed by atoms with Crippen molar-refractivity contribution < 1.29 is 29.5 Å². The topological polar surface area (TPSA) is 116 Å². The molecule has 5 atom stereocenters. The summed E-state index contributed by atoms with van der Waals surface area (Å²) in [5.41, 5.74) is -2.61. The van der Waals surface area contributed by atoms with Crippen LogP contribution in [0.4, 0.5) is 0 Å². The summed E-state index contributed by atoms with van der Waals surface area (Å²) in [6, 6.07) is 0. The van der Waals surface area contributed by atoms with Gasteiger partial charge in [-0.3, -0.25) is 4.79 Å².